The zero-order valence-electron chi connectivity index (χ0n) is 12.1. The molecule has 0 fully saturated rings. The average Bonchev–Trinajstić information content (AvgIpc) is 2.44. The number of hydrazine groups is 1. The highest BCUT2D eigenvalue weighted by Crippen LogP contribution is 2.16. The van der Waals surface area contributed by atoms with Crippen molar-refractivity contribution in [3.8, 4) is 0 Å². The minimum atomic E-state index is -3.76. The van der Waals surface area contributed by atoms with Crippen LogP contribution in [0.3, 0.4) is 0 Å². The van der Waals surface area contributed by atoms with Crippen LogP contribution in [0.15, 0.2) is 23.2 Å². The third kappa shape index (κ3) is 5.66. The number of amides is 1. The van der Waals surface area contributed by atoms with Crippen molar-refractivity contribution < 1.29 is 13.2 Å². The monoisotopic (exact) mass is 315 g/mol. The number of nitrogen functional groups attached to an aromatic ring is 1. The van der Waals surface area contributed by atoms with Gasteiger partial charge in [0.2, 0.25) is 15.9 Å². The number of hydrogen-bond donors (Lipinski definition) is 4. The van der Waals surface area contributed by atoms with Crippen LogP contribution < -0.4 is 21.3 Å². The van der Waals surface area contributed by atoms with Gasteiger partial charge in [0, 0.05) is 25.7 Å². The Morgan fingerprint density at radius 1 is 1.43 bits per heavy atom. The highest BCUT2D eigenvalue weighted by molar-refractivity contribution is 7.89. The van der Waals surface area contributed by atoms with Crippen LogP contribution in [0.25, 0.3) is 0 Å². The Bertz CT molecular complexity index is 574. The predicted octanol–water partition coefficient (Wildman–Crippen LogP) is -0.192. The van der Waals surface area contributed by atoms with Crippen LogP contribution in [-0.4, -0.2) is 32.4 Å². The minimum Gasteiger partial charge on any atom is -0.356 e. The van der Waals surface area contributed by atoms with E-state index >= 15 is 0 Å². The molecule has 1 aromatic heterocycles. The number of sulfonamides is 1. The number of carbonyl (C=O) groups is 1. The number of nitrogens with two attached hydrogens (primary N) is 1. The minimum absolute atomic E-state index is 0.00513. The Labute approximate surface area is 124 Å². The molecule has 0 aliphatic carbocycles. The highest BCUT2D eigenvalue weighted by Gasteiger charge is 2.18. The molecule has 8 nitrogen and oxygen atoms in total. The van der Waals surface area contributed by atoms with E-state index < -0.39 is 10.0 Å². The average molecular weight is 315 g/mol. The van der Waals surface area contributed by atoms with Gasteiger partial charge in [0.05, 0.1) is 0 Å². The van der Waals surface area contributed by atoms with Crippen LogP contribution in [0.5, 0.6) is 0 Å². The van der Waals surface area contributed by atoms with E-state index in [4.69, 9.17) is 5.84 Å². The number of pyridine rings is 1. The van der Waals surface area contributed by atoms with Crippen molar-refractivity contribution in [2.75, 3.05) is 18.5 Å². The summed E-state index contributed by atoms with van der Waals surface area (Å²) < 4.78 is 26.5. The Kier molecular flexibility index (Phi) is 6.53. The molecule has 1 heterocycles. The zero-order chi connectivity index (χ0) is 15.9. The molecule has 21 heavy (non-hydrogen) atoms. The number of carbonyl (C=O) groups excluding carboxylic acids is 1. The van der Waals surface area contributed by atoms with Gasteiger partial charge < -0.3 is 10.7 Å². The normalized spacial score (nSPS) is 11.4. The second-order valence-electron chi connectivity index (χ2n) is 4.84. The molecule has 0 saturated heterocycles. The fourth-order valence-corrected chi connectivity index (χ4v) is 2.65. The maximum atomic E-state index is 12.1. The summed E-state index contributed by atoms with van der Waals surface area (Å²) in [5.74, 6) is 5.42. The van der Waals surface area contributed by atoms with Gasteiger partial charge in [-0.1, -0.05) is 13.8 Å². The SMILES string of the molecule is CC(C)CNC(=O)CCNS(=O)(=O)c1cccnc1NN. The van der Waals surface area contributed by atoms with E-state index in [0.717, 1.165) is 0 Å². The van der Waals surface area contributed by atoms with Crippen LogP contribution in [0.4, 0.5) is 5.82 Å². The molecule has 0 atom stereocenters. The Morgan fingerprint density at radius 3 is 2.76 bits per heavy atom. The van der Waals surface area contributed by atoms with Gasteiger partial charge in [0.25, 0.3) is 0 Å². The molecule has 0 aliphatic heterocycles. The fourth-order valence-electron chi connectivity index (χ4n) is 1.50. The maximum absolute atomic E-state index is 12.1. The van der Waals surface area contributed by atoms with Crippen molar-refractivity contribution in [2.24, 2.45) is 11.8 Å². The van der Waals surface area contributed by atoms with Crippen LogP contribution in [0.2, 0.25) is 0 Å². The van der Waals surface area contributed by atoms with Crippen LogP contribution >= 0.6 is 0 Å². The first kappa shape index (κ1) is 17.3. The molecule has 1 amide bonds. The molecule has 0 unspecified atom stereocenters. The second kappa shape index (κ2) is 7.91. The molecular weight excluding hydrogens is 294 g/mol. The molecule has 1 rings (SSSR count). The van der Waals surface area contributed by atoms with Crippen molar-refractivity contribution in [3.63, 3.8) is 0 Å². The molecule has 1 aromatic rings. The van der Waals surface area contributed by atoms with Crippen molar-refractivity contribution >= 4 is 21.7 Å². The standard InChI is InChI=1S/C12H21N5O3S/c1-9(2)8-15-11(18)5-7-16-21(19,20)10-4-3-6-14-12(10)17-13/h3-4,6,9,16H,5,7-8,13H2,1-2H3,(H,14,17)(H,15,18). The number of hydrogen-bond acceptors (Lipinski definition) is 6. The lowest BCUT2D eigenvalue weighted by Crippen LogP contribution is -2.32. The third-order valence-corrected chi connectivity index (χ3v) is 4.04. The summed E-state index contributed by atoms with van der Waals surface area (Å²) in [6.45, 7) is 4.53. The van der Waals surface area contributed by atoms with E-state index in [1.165, 1.54) is 18.3 Å². The van der Waals surface area contributed by atoms with Gasteiger partial charge in [-0.05, 0) is 18.1 Å². The van der Waals surface area contributed by atoms with Crippen molar-refractivity contribution in [1.82, 2.24) is 15.0 Å². The van der Waals surface area contributed by atoms with Gasteiger partial charge in [-0.25, -0.2) is 24.0 Å². The number of aromatic nitrogens is 1. The number of nitrogens with one attached hydrogen (secondary N) is 3. The summed E-state index contributed by atoms with van der Waals surface area (Å²) in [5.41, 5.74) is 2.22. The molecule has 0 bridgehead atoms. The van der Waals surface area contributed by atoms with Crippen LogP contribution in [0, 0.1) is 5.92 Å². The summed E-state index contributed by atoms with van der Waals surface area (Å²) in [7, 11) is -3.76. The molecular formula is C12H21N5O3S. The maximum Gasteiger partial charge on any atom is 0.244 e. The first-order valence-electron chi connectivity index (χ1n) is 6.55. The third-order valence-electron chi connectivity index (χ3n) is 2.55. The van der Waals surface area contributed by atoms with Gasteiger partial charge in [-0.2, -0.15) is 0 Å². The quantitative estimate of drug-likeness (QED) is 0.389. The van der Waals surface area contributed by atoms with Crippen molar-refractivity contribution in [1.29, 1.82) is 0 Å². The van der Waals surface area contributed by atoms with Crippen LogP contribution in [0.1, 0.15) is 20.3 Å². The van der Waals surface area contributed by atoms with Gasteiger partial charge in [0.15, 0.2) is 5.82 Å². The summed E-state index contributed by atoms with van der Waals surface area (Å²) in [5, 5.41) is 2.71. The number of anilines is 1. The highest BCUT2D eigenvalue weighted by atomic mass is 32.2. The van der Waals surface area contributed by atoms with Gasteiger partial charge in [-0.3, -0.25) is 4.79 Å². The molecule has 0 aromatic carbocycles. The van der Waals surface area contributed by atoms with E-state index in [1.54, 1.807) is 0 Å². The smallest absolute Gasteiger partial charge is 0.244 e. The molecule has 0 spiro atoms. The van der Waals surface area contributed by atoms with Crippen molar-refractivity contribution in [2.45, 2.75) is 25.2 Å². The Balaban J connectivity index is 2.56. The molecule has 0 saturated carbocycles. The molecule has 118 valence electrons. The fraction of sp³-hybridized carbons (Fsp3) is 0.500. The first-order chi connectivity index (χ1) is 9.86. The topological polar surface area (TPSA) is 126 Å². The summed E-state index contributed by atoms with van der Waals surface area (Å²) in [6, 6.07) is 2.87. The van der Waals surface area contributed by atoms with Crippen molar-refractivity contribution in [3.05, 3.63) is 18.3 Å². The first-order valence-corrected chi connectivity index (χ1v) is 8.03. The Hall–Kier alpha value is -1.71. The van der Waals surface area contributed by atoms with Gasteiger partial charge in [0.1, 0.15) is 4.90 Å². The molecule has 0 aliphatic rings. The Morgan fingerprint density at radius 2 is 2.14 bits per heavy atom. The van der Waals surface area contributed by atoms with E-state index in [2.05, 4.69) is 20.4 Å². The van der Waals surface area contributed by atoms with Gasteiger partial charge >= 0.3 is 0 Å². The second-order valence-corrected chi connectivity index (χ2v) is 6.58. The molecule has 9 heteroatoms. The largest absolute Gasteiger partial charge is 0.356 e. The summed E-state index contributed by atoms with van der Waals surface area (Å²) in [6.07, 6.45) is 1.49. The van der Waals surface area contributed by atoms with Crippen LogP contribution in [-0.2, 0) is 14.8 Å². The van der Waals surface area contributed by atoms with E-state index in [0.29, 0.717) is 12.5 Å². The predicted molar refractivity (Wildman–Crippen MR) is 79.7 cm³/mol. The lowest BCUT2D eigenvalue weighted by atomic mass is 10.2. The number of rotatable bonds is 8. The molecule has 0 radical (unpaired) electrons. The van der Waals surface area contributed by atoms with Gasteiger partial charge in [-0.15, -0.1) is 0 Å². The van der Waals surface area contributed by atoms with E-state index in [9.17, 15) is 13.2 Å². The molecule has 5 N–H and O–H groups in total. The summed E-state index contributed by atoms with van der Waals surface area (Å²) in [4.78, 5) is 15.3. The van der Waals surface area contributed by atoms with E-state index in [-0.39, 0.29) is 29.6 Å². The zero-order valence-corrected chi connectivity index (χ0v) is 12.9. The number of nitrogens with zero attached hydrogens (tertiary/aromatic N) is 1. The lowest BCUT2D eigenvalue weighted by Gasteiger charge is -2.10. The van der Waals surface area contributed by atoms with E-state index in [1.807, 2.05) is 13.8 Å². The lowest BCUT2D eigenvalue weighted by molar-refractivity contribution is -0.121. The summed E-state index contributed by atoms with van der Waals surface area (Å²) >= 11 is 0.